The van der Waals surface area contributed by atoms with Crippen LogP contribution in [0.2, 0.25) is 0 Å². The van der Waals surface area contributed by atoms with Crippen LogP contribution in [-0.4, -0.2) is 18.1 Å². The number of nitrogens with one attached hydrogen (secondary N) is 1. The minimum atomic E-state index is 0.100. The maximum absolute atomic E-state index is 5.34. The first-order valence-electron chi connectivity index (χ1n) is 6.33. The standard InChI is InChI=1S/C13H24N2OS/c1-6-7-11-12(8-14-9(2)3)17-13(15-11)10(4)16-5/h9-10,14H,6-8H2,1-5H3. The fraction of sp³-hybridized carbons (Fsp3) is 0.769. The lowest BCUT2D eigenvalue weighted by Crippen LogP contribution is -2.21. The van der Waals surface area contributed by atoms with E-state index < -0.39 is 0 Å². The van der Waals surface area contributed by atoms with Crippen molar-refractivity contribution < 1.29 is 4.74 Å². The average molecular weight is 256 g/mol. The molecule has 17 heavy (non-hydrogen) atoms. The zero-order valence-electron chi connectivity index (χ0n) is 11.5. The van der Waals surface area contributed by atoms with Gasteiger partial charge in [0.2, 0.25) is 0 Å². The Morgan fingerprint density at radius 1 is 1.35 bits per heavy atom. The van der Waals surface area contributed by atoms with Crippen LogP contribution in [0.1, 0.15) is 55.8 Å². The molecule has 0 aliphatic rings. The number of methoxy groups -OCH3 is 1. The first-order chi connectivity index (χ1) is 8.08. The summed E-state index contributed by atoms with van der Waals surface area (Å²) in [5.41, 5.74) is 1.24. The van der Waals surface area contributed by atoms with Gasteiger partial charge in [0.25, 0.3) is 0 Å². The zero-order valence-corrected chi connectivity index (χ0v) is 12.4. The van der Waals surface area contributed by atoms with Gasteiger partial charge in [-0.15, -0.1) is 11.3 Å². The third-order valence-electron chi connectivity index (χ3n) is 2.65. The van der Waals surface area contributed by atoms with E-state index in [0.29, 0.717) is 6.04 Å². The monoisotopic (exact) mass is 256 g/mol. The van der Waals surface area contributed by atoms with Crippen molar-refractivity contribution in [3.05, 3.63) is 15.6 Å². The molecule has 1 aromatic rings. The number of aryl methyl sites for hydroxylation is 1. The predicted molar refractivity (Wildman–Crippen MR) is 73.5 cm³/mol. The molecule has 1 heterocycles. The van der Waals surface area contributed by atoms with Gasteiger partial charge in [-0.1, -0.05) is 27.2 Å². The molecule has 98 valence electrons. The molecule has 0 bridgehead atoms. The third-order valence-corrected chi connectivity index (χ3v) is 3.91. The van der Waals surface area contributed by atoms with Crippen molar-refractivity contribution >= 4 is 11.3 Å². The van der Waals surface area contributed by atoms with E-state index >= 15 is 0 Å². The molecule has 1 unspecified atom stereocenters. The number of rotatable bonds is 7. The Morgan fingerprint density at radius 3 is 2.59 bits per heavy atom. The van der Waals surface area contributed by atoms with Gasteiger partial charge in [-0.05, 0) is 13.3 Å². The number of ether oxygens (including phenoxy) is 1. The highest BCUT2D eigenvalue weighted by molar-refractivity contribution is 7.11. The van der Waals surface area contributed by atoms with Gasteiger partial charge in [0.1, 0.15) is 11.1 Å². The molecule has 0 spiro atoms. The fourth-order valence-corrected chi connectivity index (χ4v) is 2.64. The third kappa shape index (κ3) is 4.37. The van der Waals surface area contributed by atoms with Crippen LogP contribution in [-0.2, 0) is 17.7 Å². The van der Waals surface area contributed by atoms with Gasteiger partial charge < -0.3 is 10.1 Å². The molecule has 1 N–H and O–H groups in total. The largest absolute Gasteiger partial charge is 0.375 e. The lowest BCUT2D eigenvalue weighted by atomic mass is 10.2. The van der Waals surface area contributed by atoms with Crippen LogP contribution in [0.4, 0.5) is 0 Å². The van der Waals surface area contributed by atoms with Crippen LogP contribution in [0.5, 0.6) is 0 Å². The maximum atomic E-state index is 5.34. The van der Waals surface area contributed by atoms with Gasteiger partial charge >= 0.3 is 0 Å². The number of nitrogens with zero attached hydrogens (tertiary/aromatic N) is 1. The molecule has 1 atom stereocenters. The Kier molecular flexibility index (Phi) is 6.09. The van der Waals surface area contributed by atoms with Crippen molar-refractivity contribution in [2.24, 2.45) is 0 Å². The van der Waals surface area contributed by atoms with E-state index in [-0.39, 0.29) is 6.10 Å². The van der Waals surface area contributed by atoms with E-state index in [1.54, 1.807) is 18.4 Å². The molecule has 0 amide bonds. The maximum Gasteiger partial charge on any atom is 0.122 e. The molecule has 0 radical (unpaired) electrons. The normalized spacial score (nSPS) is 13.3. The molecule has 0 saturated carbocycles. The summed E-state index contributed by atoms with van der Waals surface area (Å²) in [6.07, 6.45) is 2.30. The van der Waals surface area contributed by atoms with E-state index in [2.05, 4.69) is 26.1 Å². The summed E-state index contributed by atoms with van der Waals surface area (Å²) in [5.74, 6) is 0. The van der Waals surface area contributed by atoms with Crippen molar-refractivity contribution in [1.82, 2.24) is 10.3 Å². The van der Waals surface area contributed by atoms with Crippen molar-refractivity contribution in [3.8, 4) is 0 Å². The number of aromatic nitrogens is 1. The highest BCUT2D eigenvalue weighted by Crippen LogP contribution is 2.26. The van der Waals surface area contributed by atoms with Gasteiger partial charge in [-0.2, -0.15) is 0 Å². The van der Waals surface area contributed by atoms with Gasteiger partial charge in [0.05, 0.1) is 5.69 Å². The van der Waals surface area contributed by atoms with Crippen LogP contribution in [0, 0.1) is 0 Å². The minimum absolute atomic E-state index is 0.100. The molecular weight excluding hydrogens is 232 g/mol. The Balaban J connectivity index is 2.80. The van der Waals surface area contributed by atoms with Crippen LogP contribution in [0.15, 0.2) is 0 Å². The van der Waals surface area contributed by atoms with Crippen molar-refractivity contribution in [2.75, 3.05) is 7.11 Å². The van der Waals surface area contributed by atoms with E-state index in [1.165, 1.54) is 10.6 Å². The first kappa shape index (κ1) is 14.6. The van der Waals surface area contributed by atoms with E-state index in [1.807, 2.05) is 6.92 Å². The van der Waals surface area contributed by atoms with Gasteiger partial charge in [-0.3, -0.25) is 0 Å². The van der Waals surface area contributed by atoms with E-state index in [4.69, 9.17) is 9.72 Å². The summed E-state index contributed by atoms with van der Waals surface area (Å²) >= 11 is 1.78. The average Bonchev–Trinajstić information content (AvgIpc) is 2.69. The number of hydrogen-bond acceptors (Lipinski definition) is 4. The summed E-state index contributed by atoms with van der Waals surface area (Å²) in [6.45, 7) is 9.49. The molecule has 3 nitrogen and oxygen atoms in total. The Bertz CT molecular complexity index is 336. The second-order valence-electron chi connectivity index (χ2n) is 4.59. The summed E-state index contributed by atoms with van der Waals surface area (Å²) < 4.78 is 5.34. The molecule has 0 fully saturated rings. The van der Waals surface area contributed by atoms with Crippen LogP contribution in [0.3, 0.4) is 0 Å². The molecular formula is C13H24N2OS. The second kappa shape index (κ2) is 7.09. The zero-order chi connectivity index (χ0) is 12.8. The molecule has 0 aromatic carbocycles. The molecule has 0 aliphatic heterocycles. The van der Waals surface area contributed by atoms with Gasteiger partial charge in [0, 0.05) is 24.6 Å². The summed E-state index contributed by atoms with van der Waals surface area (Å²) in [5, 5.41) is 4.55. The van der Waals surface area contributed by atoms with Crippen LogP contribution >= 0.6 is 11.3 Å². The quantitative estimate of drug-likeness (QED) is 0.813. The second-order valence-corrected chi connectivity index (χ2v) is 5.70. The first-order valence-corrected chi connectivity index (χ1v) is 7.14. The van der Waals surface area contributed by atoms with Gasteiger partial charge in [0.15, 0.2) is 0 Å². The molecule has 4 heteroatoms. The lowest BCUT2D eigenvalue weighted by Gasteiger charge is -2.07. The predicted octanol–water partition coefficient (Wildman–Crippen LogP) is 3.30. The molecule has 0 aliphatic carbocycles. The Labute approximate surface area is 109 Å². The van der Waals surface area contributed by atoms with Crippen molar-refractivity contribution in [2.45, 2.75) is 59.2 Å². The van der Waals surface area contributed by atoms with E-state index in [9.17, 15) is 0 Å². The molecule has 1 aromatic heterocycles. The van der Waals surface area contributed by atoms with Gasteiger partial charge in [-0.25, -0.2) is 4.98 Å². The Morgan fingerprint density at radius 2 is 2.06 bits per heavy atom. The highest BCUT2D eigenvalue weighted by Gasteiger charge is 2.15. The topological polar surface area (TPSA) is 34.1 Å². The van der Waals surface area contributed by atoms with Crippen molar-refractivity contribution in [3.63, 3.8) is 0 Å². The lowest BCUT2D eigenvalue weighted by molar-refractivity contribution is 0.119. The summed E-state index contributed by atoms with van der Waals surface area (Å²) in [6, 6.07) is 0.509. The summed E-state index contributed by atoms with van der Waals surface area (Å²) in [4.78, 5) is 6.06. The molecule has 0 saturated heterocycles. The number of thiazole rings is 1. The highest BCUT2D eigenvalue weighted by atomic mass is 32.1. The Hall–Kier alpha value is -0.450. The number of hydrogen-bond donors (Lipinski definition) is 1. The van der Waals surface area contributed by atoms with Crippen LogP contribution in [0.25, 0.3) is 0 Å². The summed E-state index contributed by atoms with van der Waals surface area (Å²) in [7, 11) is 1.73. The van der Waals surface area contributed by atoms with Crippen molar-refractivity contribution in [1.29, 1.82) is 0 Å². The van der Waals surface area contributed by atoms with Crippen LogP contribution < -0.4 is 5.32 Å². The van der Waals surface area contributed by atoms with E-state index in [0.717, 1.165) is 24.4 Å². The molecule has 1 rings (SSSR count). The fourth-order valence-electron chi connectivity index (χ4n) is 1.55. The SMILES string of the molecule is CCCc1nc(C(C)OC)sc1CNC(C)C. The smallest absolute Gasteiger partial charge is 0.122 e. The minimum Gasteiger partial charge on any atom is -0.375 e.